The SMILES string of the molecule is CCCc1cc(C)n[nH]c1=O. The Labute approximate surface area is 65.5 Å². The first kappa shape index (κ1) is 7.98. The lowest BCUT2D eigenvalue weighted by atomic mass is 10.2. The van der Waals surface area contributed by atoms with E-state index in [0.29, 0.717) is 0 Å². The van der Waals surface area contributed by atoms with Gasteiger partial charge in [-0.25, -0.2) is 5.10 Å². The van der Waals surface area contributed by atoms with Crippen molar-refractivity contribution in [3.8, 4) is 0 Å². The van der Waals surface area contributed by atoms with E-state index in [0.717, 1.165) is 24.1 Å². The van der Waals surface area contributed by atoms with Crippen molar-refractivity contribution in [3.05, 3.63) is 27.7 Å². The Morgan fingerprint density at radius 1 is 1.64 bits per heavy atom. The largest absolute Gasteiger partial charge is 0.268 e. The van der Waals surface area contributed by atoms with Gasteiger partial charge in [-0.3, -0.25) is 4.79 Å². The van der Waals surface area contributed by atoms with Crippen LogP contribution in [-0.4, -0.2) is 10.2 Å². The highest BCUT2D eigenvalue weighted by Crippen LogP contribution is 1.96. The highest BCUT2D eigenvalue weighted by molar-refractivity contribution is 5.11. The maximum Gasteiger partial charge on any atom is 0.267 e. The van der Waals surface area contributed by atoms with Crippen molar-refractivity contribution in [2.24, 2.45) is 0 Å². The van der Waals surface area contributed by atoms with Gasteiger partial charge in [-0.2, -0.15) is 5.10 Å². The van der Waals surface area contributed by atoms with Gasteiger partial charge < -0.3 is 0 Å². The van der Waals surface area contributed by atoms with Crippen LogP contribution < -0.4 is 5.56 Å². The molecule has 1 N–H and O–H groups in total. The molecule has 1 aromatic heterocycles. The molecule has 0 saturated carbocycles. The van der Waals surface area contributed by atoms with Crippen LogP contribution in [0, 0.1) is 6.92 Å². The maximum atomic E-state index is 11.0. The monoisotopic (exact) mass is 152 g/mol. The van der Waals surface area contributed by atoms with Gasteiger partial charge in [0.2, 0.25) is 0 Å². The van der Waals surface area contributed by atoms with E-state index >= 15 is 0 Å². The molecule has 0 unspecified atom stereocenters. The Kier molecular flexibility index (Phi) is 2.41. The summed E-state index contributed by atoms with van der Waals surface area (Å²) in [6.45, 7) is 3.92. The van der Waals surface area contributed by atoms with E-state index in [1.54, 1.807) is 0 Å². The number of aromatic amines is 1. The molecule has 0 bridgehead atoms. The zero-order valence-electron chi connectivity index (χ0n) is 6.85. The first-order valence-corrected chi connectivity index (χ1v) is 3.79. The number of aromatic nitrogens is 2. The molecule has 3 heteroatoms. The van der Waals surface area contributed by atoms with Crippen molar-refractivity contribution in [2.75, 3.05) is 0 Å². The summed E-state index contributed by atoms with van der Waals surface area (Å²) in [5.41, 5.74) is 1.64. The van der Waals surface area contributed by atoms with Gasteiger partial charge in [0.05, 0.1) is 5.69 Å². The van der Waals surface area contributed by atoms with Crippen LogP contribution in [0.3, 0.4) is 0 Å². The zero-order valence-corrected chi connectivity index (χ0v) is 6.85. The van der Waals surface area contributed by atoms with Crippen molar-refractivity contribution in [3.63, 3.8) is 0 Å². The van der Waals surface area contributed by atoms with Crippen molar-refractivity contribution in [2.45, 2.75) is 26.7 Å². The first-order valence-electron chi connectivity index (χ1n) is 3.79. The normalized spacial score (nSPS) is 10.0. The molecule has 1 rings (SSSR count). The third-order valence-corrected chi connectivity index (χ3v) is 1.53. The van der Waals surface area contributed by atoms with Crippen molar-refractivity contribution in [1.82, 2.24) is 10.2 Å². The lowest BCUT2D eigenvalue weighted by Gasteiger charge is -1.96. The van der Waals surface area contributed by atoms with Gasteiger partial charge in [-0.15, -0.1) is 0 Å². The van der Waals surface area contributed by atoms with Gasteiger partial charge >= 0.3 is 0 Å². The molecular formula is C8H12N2O. The summed E-state index contributed by atoms with van der Waals surface area (Å²) in [6, 6.07) is 1.84. The molecule has 3 nitrogen and oxygen atoms in total. The van der Waals surface area contributed by atoms with E-state index < -0.39 is 0 Å². The Morgan fingerprint density at radius 2 is 2.36 bits per heavy atom. The minimum atomic E-state index is -0.0579. The van der Waals surface area contributed by atoms with Crippen LogP contribution in [0.25, 0.3) is 0 Å². The van der Waals surface area contributed by atoms with Crippen LogP contribution in [0.15, 0.2) is 10.9 Å². The fourth-order valence-corrected chi connectivity index (χ4v) is 1.02. The molecule has 1 heterocycles. The lowest BCUT2D eigenvalue weighted by Crippen LogP contribution is -2.14. The van der Waals surface area contributed by atoms with Gasteiger partial charge in [0.25, 0.3) is 5.56 Å². The second kappa shape index (κ2) is 3.32. The third kappa shape index (κ3) is 1.90. The molecule has 0 atom stereocenters. The molecule has 0 aliphatic carbocycles. The van der Waals surface area contributed by atoms with E-state index in [4.69, 9.17) is 0 Å². The quantitative estimate of drug-likeness (QED) is 0.688. The molecule has 0 spiro atoms. The number of hydrogen-bond donors (Lipinski definition) is 1. The van der Waals surface area contributed by atoms with Crippen LogP contribution in [0.4, 0.5) is 0 Å². The minimum Gasteiger partial charge on any atom is -0.268 e. The van der Waals surface area contributed by atoms with E-state index in [-0.39, 0.29) is 5.56 Å². The third-order valence-electron chi connectivity index (χ3n) is 1.53. The Morgan fingerprint density at radius 3 is 3.00 bits per heavy atom. The zero-order chi connectivity index (χ0) is 8.27. The smallest absolute Gasteiger partial charge is 0.267 e. The van der Waals surface area contributed by atoms with E-state index in [2.05, 4.69) is 17.1 Å². The summed E-state index contributed by atoms with van der Waals surface area (Å²) in [4.78, 5) is 11.0. The predicted molar refractivity (Wildman–Crippen MR) is 43.6 cm³/mol. The van der Waals surface area contributed by atoms with Crippen molar-refractivity contribution < 1.29 is 0 Å². The van der Waals surface area contributed by atoms with Gasteiger partial charge in [0, 0.05) is 5.56 Å². The van der Waals surface area contributed by atoms with Gasteiger partial charge in [-0.05, 0) is 19.4 Å². The fourth-order valence-electron chi connectivity index (χ4n) is 1.02. The highest BCUT2D eigenvalue weighted by atomic mass is 16.1. The van der Waals surface area contributed by atoms with E-state index in [9.17, 15) is 4.79 Å². The Bertz CT molecular complexity index is 290. The molecule has 0 radical (unpaired) electrons. The van der Waals surface area contributed by atoms with Crippen LogP contribution in [-0.2, 0) is 6.42 Å². The number of H-pyrrole nitrogens is 1. The molecule has 0 saturated heterocycles. The summed E-state index contributed by atoms with van der Waals surface area (Å²) in [7, 11) is 0. The molecule has 60 valence electrons. The predicted octanol–water partition coefficient (Wildman–Crippen LogP) is 1.03. The van der Waals surface area contributed by atoms with Crippen LogP contribution in [0.1, 0.15) is 24.6 Å². The summed E-state index contributed by atoms with van der Waals surface area (Å²) in [5, 5.41) is 6.23. The molecule has 0 aliphatic rings. The standard InChI is InChI=1S/C8H12N2O/c1-3-4-7-5-6(2)9-10-8(7)11/h5H,3-4H2,1-2H3,(H,10,11). The molecule has 11 heavy (non-hydrogen) atoms. The lowest BCUT2D eigenvalue weighted by molar-refractivity contribution is 0.854. The van der Waals surface area contributed by atoms with Gasteiger partial charge in [0.1, 0.15) is 0 Å². The van der Waals surface area contributed by atoms with Crippen molar-refractivity contribution in [1.29, 1.82) is 0 Å². The number of nitrogens with one attached hydrogen (secondary N) is 1. The number of nitrogens with zero attached hydrogens (tertiary/aromatic N) is 1. The van der Waals surface area contributed by atoms with Crippen molar-refractivity contribution >= 4 is 0 Å². The number of aryl methyl sites for hydroxylation is 2. The second-order valence-corrected chi connectivity index (χ2v) is 2.61. The highest BCUT2D eigenvalue weighted by Gasteiger charge is 1.97. The average Bonchev–Trinajstić information content (AvgIpc) is 1.98. The summed E-state index contributed by atoms with van der Waals surface area (Å²) < 4.78 is 0. The summed E-state index contributed by atoms with van der Waals surface area (Å²) in [6.07, 6.45) is 1.82. The fraction of sp³-hybridized carbons (Fsp3) is 0.500. The van der Waals surface area contributed by atoms with E-state index in [1.807, 2.05) is 13.0 Å². The Hall–Kier alpha value is -1.12. The number of rotatable bonds is 2. The second-order valence-electron chi connectivity index (χ2n) is 2.61. The molecule has 0 amide bonds. The number of hydrogen-bond acceptors (Lipinski definition) is 2. The molecule has 1 aromatic rings. The van der Waals surface area contributed by atoms with E-state index in [1.165, 1.54) is 0 Å². The van der Waals surface area contributed by atoms with Gasteiger partial charge in [0.15, 0.2) is 0 Å². The summed E-state index contributed by atoms with van der Waals surface area (Å²) in [5.74, 6) is 0. The van der Waals surface area contributed by atoms with Crippen LogP contribution in [0.2, 0.25) is 0 Å². The van der Waals surface area contributed by atoms with Gasteiger partial charge in [-0.1, -0.05) is 13.3 Å². The van der Waals surface area contributed by atoms with Crippen LogP contribution >= 0.6 is 0 Å². The maximum absolute atomic E-state index is 11.0. The molecule has 0 fully saturated rings. The summed E-state index contributed by atoms with van der Waals surface area (Å²) >= 11 is 0. The first-order chi connectivity index (χ1) is 5.24. The average molecular weight is 152 g/mol. The Balaban J connectivity index is 3.03. The van der Waals surface area contributed by atoms with Crippen LogP contribution in [0.5, 0.6) is 0 Å². The molecule has 0 aromatic carbocycles. The minimum absolute atomic E-state index is 0.0579. The molecular weight excluding hydrogens is 140 g/mol. The topological polar surface area (TPSA) is 45.8 Å². The molecule has 0 aliphatic heterocycles.